The van der Waals surface area contributed by atoms with Crippen LogP contribution in [-0.2, 0) is 24.2 Å². The topological polar surface area (TPSA) is 59.4 Å². The standard InChI is InChI=1S/C14H15NO3S/c1-2-11-12(8-14(16)17)19-13(15-11)9-18-10-6-4-3-5-7-10/h3-7H,2,8-9H2,1H3,(H,16,17). The molecule has 1 aromatic heterocycles. The largest absolute Gasteiger partial charge is 0.486 e. The summed E-state index contributed by atoms with van der Waals surface area (Å²) >= 11 is 1.41. The van der Waals surface area contributed by atoms with E-state index in [-0.39, 0.29) is 6.42 Å². The number of benzene rings is 1. The van der Waals surface area contributed by atoms with E-state index in [9.17, 15) is 4.79 Å². The second-order valence-electron chi connectivity index (χ2n) is 4.00. The Kier molecular flexibility index (Phi) is 4.52. The fourth-order valence-corrected chi connectivity index (χ4v) is 2.77. The van der Waals surface area contributed by atoms with Gasteiger partial charge in [0.05, 0.1) is 12.1 Å². The monoisotopic (exact) mass is 277 g/mol. The summed E-state index contributed by atoms with van der Waals surface area (Å²) < 4.78 is 5.61. The molecule has 0 aliphatic carbocycles. The van der Waals surface area contributed by atoms with Gasteiger partial charge in [0.1, 0.15) is 17.4 Å². The van der Waals surface area contributed by atoms with Crippen molar-refractivity contribution in [2.75, 3.05) is 0 Å². The predicted molar refractivity (Wildman–Crippen MR) is 73.6 cm³/mol. The van der Waals surface area contributed by atoms with Crippen molar-refractivity contribution in [1.82, 2.24) is 4.98 Å². The number of hydrogen-bond acceptors (Lipinski definition) is 4. The highest BCUT2D eigenvalue weighted by atomic mass is 32.1. The number of para-hydroxylation sites is 1. The molecule has 0 saturated carbocycles. The summed E-state index contributed by atoms with van der Waals surface area (Å²) in [5, 5.41) is 9.67. The van der Waals surface area contributed by atoms with Crippen molar-refractivity contribution in [2.45, 2.75) is 26.4 Å². The molecule has 0 radical (unpaired) electrons. The molecule has 2 aromatic rings. The van der Waals surface area contributed by atoms with Crippen LogP contribution in [0, 0.1) is 0 Å². The molecule has 1 aromatic carbocycles. The van der Waals surface area contributed by atoms with E-state index in [1.165, 1.54) is 11.3 Å². The fourth-order valence-electron chi connectivity index (χ4n) is 1.71. The minimum Gasteiger partial charge on any atom is -0.486 e. The van der Waals surface area contributed by atoms with E-state index < -0.39 is 5.97 Å². The van der Waals surface area contributed by atoms with Gasteiger partial charge < -0.3 is 9.84 Å². The molecule has 0 aliphatic heterocycles. The van der Waals surface area contributed by atoms with Crippen LogP contribution in [0.25, 0.3) is 0 Å². The Balaban J connectivity index is 2.04. The Labute approximate surface area is 115 Å². The maximum atomic E-state index is 10.8. The van der Waals surface area contributed by atoms with Crippen molar-refractivity contribution >= 4 is 17.3 Å². The number of carboxylic acid groups (broad SMARTS) is 1. The molecular formula is C14H15NO3S. The zero-order valence-electron chi connectivity index (χ0n) is 10.6. The van der Waals surface area contributed by atoms with Gasteiger partial charge in [-0.25, -0.2) is 4.98 Å². The molecule has 0 amide bonds. The van der Waals surface area contributed by atoms with E-state index in [4.69, 9.17) is 9.84 Å². The Morgan fingerprint density at radius 3 is 2.74 bits per heavy atom. The minimum absolute atomic E-state index is 0.0339. The molecule has 0 aliphatic rings. The number of hydrogen-bond donors (Lipinski definition) is 1. The first-order chi connectivity index (χ1) is 9.19. The smallest absolute Gasteiger partial charge is 0.308 e. The normalized spacial score (nSPS) is 10.4. The predicted octanol–water partition coefficient (Wildman–Crippen LogP) is 2.91. The van der Waals surface area contributed by atoms with Crippen molar-refractivity contribution in [2.24, 2.45) is 0 Å². The van der Waals surface area contributed by atoms with Gasteiger partial charge in [-0.3, -0.25) is 4.79 Å². The van der Waals surface area contributed by atoms with Crippen molar-refractivity contribution < 1.29 is 14.6 Å². The number of ether oxygens (including phenoxy) is 1. The summed E-state index contributed by atoms with van der Waals surface area (Å²) in [7, 11) is 0. The molecule has 0 spiro atoms. The van der Waals surface area contributed by atoms with Crippen molar-refractivity contribution in [1.29, 1.82) is 0 Å². The lowest BCUT2D eigenvalue weighted by atomic mass is 10.2. The van der Waals surface area contributed by atoms with Gasteiger partial charge in [-0.15, -0.1) is 11.3 Å². The van der Waals surface area contributed by atoms with Crippen molar-refractivity contribution in [3.8, 4) is 5.75 Å². The van der Waals surface area contributed by atoms with Crippen molar-refractivity contribution in [3.63, 3.8) is 0 Å². The lowest BCUT2D eigenvalue weighted by molar-refractivity contribution is -0.136. The molecule has 1 heterocycles. The molecule has 0 saturated heterocycles. The van der Waals surface area contributed by atoms with Crippen LogP contribution in [0.15, 0.2) is 30.3 Å². The summed E-state index contributed by atoms with van der Waals surface area (Å²) in [5.74, 6) is -0.0376. The molecule has 2 rings (SSSR count). The van der Waals surface area contributed by atoms with E-state index in [1.54, 1.807) is 0 Å². The molecule has 1 N–H and O–H groups in total. The third kappa shape index (κ3) is 3.79. The third-order valence-electron chi connectivity index (χ3n) is 2.57. The van der Waals surface area contributed by atoms with Crippen molar-refractivity contribution in [3.05, 3.63) is 45.9 Å². The first-order valence-electron chi connectivity index (χ1n) is 6.06. The molecule has 0 fully saturated rings. The van der Waals surface area contributed by atoms with Crippen LogP contribution in [0.1, 0.15) is 22.5 Å². The highest BCUT2D eigenvalue weighted by Crippen LogP contribution is 2.21. The van der Waals surface area contributed by atoms with Gasteiger partial charge in [0.2, 0.25) is 0 Å². The fraction of sp³-hybridized carbons (Fsp3) is 0.286. The number of carbonyl (C=O) groups is 1. The van der Waals surface area contributed by atoms with Crippen LogP contribution in [0.2, 0.25) is 0 Å². The van der Waals surface area contributed by atoms with Crippen LogP contribution in [0.5, 0.6) is 5.75 Å². The van der Waals surface area contributed by atoms with Gasteiger partial charge in [0.15, 0.2) is 0 Å². The van der Waals surface area contributed by atoms with Gasteiger partial charge in [0.25, 0.3) is 0 Å². The highest BCUT2D eigenvalue weighted by molar-refractivity contribution is 7.11. The molecule has 0 unspecified atom stereocenters. The first-order valence-corrected chi connectivity index (χ1v) is 6.87. The number of thiazole rings is 1. The summed E-state index contributed by atoms with van der Waals surface area (Å²) in [4.78, 5) is 16.0. The summed E-state index contributed by atoms with van der Waals surface area (Å²) in [6.07, 6.45) is 0.774. The Morgan fingerprint density at radius 2 is 2.11 bits per heavy atom. The lowest BCUT2D eigenvalue weighted by Gasteiger charge is -2.02. The van der Waals surface area contributed by atoms with Gasteiger partial charge >= 0.3 is 5.97 Å². The average Bonchev–Trinajstić information content (AvgIpc) is 2.79. The quantitative estimate of drug-likeness (QED) is 0.882. The van der Waals surface area contributed by atoms with E-state index in [2.05, 4.69) is 4.98 Å². The van der Waals surface area contributed by atoms with Crippen LogP contribution in [0.4, 0.5) is 0 Å². The molecular weight excluding hydrogens is 262 g/mol. The zero-order chi connectivity index (χ0) is 13.7. The lowest BCUT2D eigenvalue weighted by Crippen LogP contribution is -2.00. The van der Waals surface area contributed by atoms with Crippen LogP contribution < -0.4 is 4.74 Å². The SMILES string of the molecule is CCc1nc(COc2ccccc2)sc1CC(=O)O. The Bertz CT molecular complexity index is 551. The van der Waals surface area contributed by atoms with E-state index in [0.717, 1.165) is 27.7 Å². The second kappa shape index (κ2) is 6.33. The van der Waals surface area contributed by atoms with E-state index >= 15 is 0 Å². The summed E-state index contributed by atoms with van der Waals surface area (Å²) in [5.41, 5.74) is 0.860. The van der Waals surface area contributed by atoms with Crippen LogP contribution >= 0.6 is 11.3 Å². The number of carboxylic acids is 1. The molecule has 100 valence electrons. The third-order valence-corrected chi connectivity index (χ3v) is 3.65. The first kappa shape index (κ1) is 13.5. The van der Waals surface area contributed by atoms with Crippen LogP contribution in [-0.4, -0.2) is 16.1 Å². The number of aliphatic carboxylic acids is 1. The molecule has 0 atom stereocenters. The molecule has 4 nitrogen and oxygen atoms in total. The maximum absolute atomic E-state index is 10.8. The van der Waals surface area contributed by atoms with E-state index in [0.29, 0.717) is 6.61 Å². The van der Waals surface area contributed by atoms with Crippen LogP contribution in [0.3, 0.4) is 0 Å². The van der Waals surface area contributed by atoms with Gasteiger partial charge in [-0.2, -0.15) is 0 Å². The molecule has 19 heavy (non-hydrogen) atoms. The Morgan fingerprint density at radius 1 is 1.37 bits per heavy atom. The summed E-state index contributed by atoms with van der Waals surface area (Å²) in [6, 6.07) is 9.50. The maximum Gasteiger partial charge on any atom is 0.308 e. The summed E-state index contributed by atoms with van der Waals surface area (Å²) in [6.45, 7) is 2.35. The highest BCUT2D eigenvalue weighted by Gasteiger charge is 2.13. The number of rotatable bonds is 6. The number of aromatic nitrogens is 1. The second-order valence-corrected chi connectivity index (χ2v) is 5.17. The van der Waals surface area contributed by atoms with Gasteiger partial charge in [0, 0.05) is 4.88 Å². The average molecular weight is 277 g/mol. The minimum atomic E-state index is -0.825. The van der Waals surface area contributed by atoms with E-state index in [1.807, 2.05) is 37.3 Å². The molecule has 5 heteroatoms. The Hall–Kier alpha value is -1.88. The zero-order valence-corrected chi connectivity index (χ0v) is 11.4. The van der Waals surface area contributed by atoms with Gasteiger partial charge in [-0.05, 0) is 18.6 Å². The number of aryl methyl sites for hydroxylation is 1. The van der Waals surface area contributed by atoms with Gasteiger partial charge in [-0.1, -0.05) is 25.1 Å². The number of nitrogens with zero attached hydrogens (tertiary/aromatic N) is 1. The molecule has 0 bridgehead atoms.